The molecule has 0 unspecified atom stereocenters. The Morgan fingerprint density at radius 3 is 2.43 bits per heavy atom. The second-order valence-electron chi connectivity index (χ2n) is 5.12. The summed E-state index contributed by atoms with van der Waals surface area (Å²) < 4.78 is 7.04. The lowest BCUT2D eigenvalue weighted by Crippen LogP contribution is -2.43. The van der Waals surface area contributed by atoms with Gasteiger partial charge in [0.2, 0.25) is 5.91 Å². The molecule has 0 aromatic heterocycles. The molecule has 0 saturated carbocycles. The van der Waals surface area contributed by atoms with Gasteiger partial charge < -0.3 is 4.74 Å². The number of hydrazine groups is 1. The lowest BCUT2D eigenvalue weighted by molar-refractivity contribution is -0.130. The Morgan fingerprint density at radius 1 is 1.04 bits per heavy atom. The molecule has 128 valence electrons. The smallest absolute Gasteiger partial charge is 0.276 e. The van der Waals surface area contributed by atoms with Crippen molar-refractivity contribution in [3.63, 3.8) is 0 Å². The fourth-order valence-corrected chi connectivity index (χ4v) is 3.02. The van der Waals surface area contributed by atoms with Crippen LogP contribution in [0.15, 0.2) is 27.1 Å². The van der Waals surface area contributed by atoms with E-state index >= 15 is 0 Å². The Hall–Kier alpha value is -1.08. The normalized spacial score (nSPS) is 10.2. The van der Waals surface area contributed by atoms with E-state index in [0.717, 1.165) is 28.2 Å². The number of carbonyl (C=O) groups excluding carboxylic acids is 2. The summed E-state index contributed by atoms with van der Waals surface area (Å²) in [4.78, 5) is 23.2. The molecule has 1 aromatic carbocycles. The van der Waals surface area contributed by atoms with Crippen LogP contribution in [0.3, 0.4) is 0 Å². The molecule has 0 aliphatic rings. The molecule has 0 radical (unpaired) electrons. The zero-order valence-electron chi connectivity index (χ0n) is 13.2. The molecule has 2 N–H and O–H groups in total. The quantitative estimate of drug-likeness (QED) is 0.440. The van der Waals surface area contributed by atoms with Crippen LogP contribution in [0.1, 0.15) is 45.4 Å². The average Bonchev–Trinajstić information content (AvgIpc) is 2.52. The monoisotopic (exact) mass is 448 g/mol. The molecule has 23 heavy (non-hydrogen) atoms. The third kappa shape index (κ3) is 8.95. The third-order valence-corrected chi connectivity index (χ3v) is 4.21. The van der Waals surface area contributed by atoms with Gasteiger partial charge in [0.15, 0.2) is 6.61 Å². The maximum absolute atomic E-state index is 11.6. The minimum Gasteiger partial charge on any atom is -0.483 e. The molecule has 0 saturated heterocycles. The number of ether oxygens (including phenoxy) is 1. The lowest BCUT2D eigenvalue weighted by atomic mass is 10.1. The van der Waals surface area contributed by atoms with Crippen LogP contribution in [0.4, 0.5) is 0 Å². The van der Waals surface area contributed by atoms with Crippen LogP contribution in [0.5, 0.6) is 5.75 Å². The van der Waals surface area contributed by atoms with Crippen molar-refractivity contribution in [1.29, 1.82) is 0 Å². The molecule has 5 nitrogen and oxygen atoms in total. The predicted molar refractivity (Wildman–Crippen MR) is 97.0 cm³/mol. The van der Waals surface area contributed by atoms with E-state index in [4.69, 9.17) is 4.74 Å². The fraction of sp³-hybridized carbons (Fsp3) is 0.500. The fourth-order valence-electron chi connectivity index (χ4n) is 1.86. The van der Waals surface area contributed by atoms with Gasteiger partial charge in [-0.2, -0.15) is 0 Å². The molecular weight excluding hydrogens is 428 g/mol. The van der Waals surface area contributed by atoms with Crippen LogP contribution in [0.25, 0.3) is 0 Å². The third-order valence-electron chi connectivity index (χ3n) is 3.10. The number of nitrogens with one attached hydrogen (secondary N) is 2. The van der Waals surface area contributed by atoms with E-state index < -0.39 is 5.91 Å². The van der Waals surface area contributed by atoms with Crippen LogP contribution < -0.4 is 15.6 Å². The van der Waals surface area contributed by atoms with Crippen LogP contribution in [0.2, 0.25) is 0 Å². The van der Waals surface area contributed by atoms with Gasteiger partial charge >= 0.3 is 0 Å². The van der Waals surface area contributed by atoms with Gasteiger partial charge in [0.1, 0.15) is 5.75 Å². The Morgan fingerprint density at radius 2 is 1.74 bits per heavy atom. The first-order chi connectivity index (χ1) is 11.0. The summed E-state index contributed by atoms with van der Waals surface area (Å²) >= 11 is 6.69. The van der Waals surface area contributed by atoms with Crippen molar-refractivity contribution in [2.24, 2.45) is 0 Å². The van der Waals surface area contributed by atoms with Crippen LogP contribution in [0, 0.1) is 0 Å². The predicted octanol–water partition coefficient (Wildman–Crippen LogP) is 4.10. The van der Waals surface area contributed by atoms with Gasteiger partial charge in [-0.3, -0.25) is 20.4 Å². The maximum Gasteiger partial charge on any atom is 0.276 e. The van der Waals surface area contributed by atoms with Crippen LogP contribution >= 0.6 is 31.9 Å². The van der Waals surface area contributed by atoms with Crippen LogP contribution in [-0.4, -0.2) is 18.4 Å². The van der Waals surface area contributed by atoms with Gasteiger partial charge in [-0.05, 0) is 40.5 Å². The summed E-state index contributed by atoms with van der Waals surface area (Å²) in [6, 6.07) is 5.39. The van der Waals surface area contributed by atoms with Crippen molar-refractivity contribution in [2.45, 2.75) is 45.4 Å². The second-order valence-corrected chi connectivity index (χ2v) is 6.89. The Kier molecular flexibility index (Phi) is 9.94. The molecule has 0 heterocycles. The molecule has 0 bridgehead atoms. The zero-order valence-corrected chi connectivity index (χ0v) is 16.3. The molecule has 0 spiro atoms. The van der Waals surface area contributed by atoms with Crippen molar-refractivity contribution in [1.82, 2.24) is 10.9 Å². The standard InChI is InChI=1S/C16H22Br2N2O3/c1-2-3-4-5-6-7-15(21)19-20-16(22)11-23-14-9-8-12(17)10-13(14)18/h8-10H,2-7,11H2,1H3,(H,19,21)(H,20,22). The molecule has 0 atom stereocenters. The topological polar surface area (TPSA) is 67.4 Å². The van der Waals surface area contributed by atoms with Gasteiger partial charge in [-0.1, -0.05) is 48.5 Å². The SMILES string of the molecule is CCCCCCCC(=O)NNC(=O)COc1ccc(Br)cc1Br. The maximum atomic E-state index is 11.6. The van der Waals surface area contributed by atoms with Crippen molar-refractivity contribution in [3.05, 3.63) is 27.1 Å². The zero-order chi connectivity index (χ0) is 17.1. The highest BCUT2D eigenvalue weighted by molar-refractivity contribution is 9.11. The van der Waals surface area contributed by atoms with Crippen molar-refractivity contribution in [3.8, 4) is 5.75 Å². The van der Waals surface area contributed by atoms with Crippen molar-refractivity contribution < 1.29 is 14.3 Å². The first kappa shape index (κ1) is 20.0. The van der Waals surface area contributed by atoms with Crippen molar-refractivity contribution >= 4 is 43.7 Å². The van der Waals surface area contributed by atoms with E-state index in [0.29, 0.717) is 12.2 Å². The van der Waals surface area contributed by atoms with Gasteiger partial charge in [0, 0.05) is 10.9 Å². The summed E-state index contributed by atoms with van der Waals surface area (Å²) in [7, 11) is 0. The summed E-state index contributed by atoms with van der Waals surface area (Å²) in [5.41, 5.74) is 4.74. The van der Waals surface area contributed by atoms with E-state index in [1.807, 2.05) is 12.1 Å². The molecular formula is C16H22Br2N2O3. The first-order valence-corrected chi connectivity index (χ1v) is 9.27. The van der Waals surface area contributed by atoms with Gasteiger partial charge in [-0.15, -0.1) is 0 Å². The average molecular weight is 450 g/mol. The molecule has 0 fully saturated rings. The Balaban J connectivity index is 2.17. The van der Waals surface area contributed by atoms with E-state index in [1.165, 1.54) is 12.8 Å². The largest absolute Gasteiger partial charge is 0.483 e. The summed E-state index contributed by atoms with van der Waals surface area (Å²) in [5, 5.41) is 0. The Bertz CT molecular complexity index is 524. The number of carbonyl (C=O) groups is 2. The Labute approximate surface area is 153 Å². The minimum absolute atomic E-state index is 0.170. The van der Waals surface area contributed by atoms with Gasteiger partial charge in [-0.25, -0.2) is 0 Å². The first-order valence-electron chi connectivity index (χ1n) is 7.68. The molecule has 0 aliphatic carbocycles. The molecule has 1 aromatic rings. The number of rotatable bonds is 9. The highest BCUT2D eigenvalue weighted by Crippen LogP contribution is 2.27. The number of halogens is 2. The summed E-state index contributed by atoms with van der Waals surface area (Å²) in [6.07, 6.45) is 5.81. The van der Waals surface area contributed by atoms with Gasteiger partial charge in [0.05, 0.1) is 4.47 Å². The molecule has 0 aliphatic heterocycles. The summed E-state index contributed by atoms with van der Waals surface area (Å²) in [5.74, 6) is -0.0237. The van der Waals surface area contributed by atoms with Crippen LogP contribution in [-0.2, 0) is 9.59 Å². The second kappa shape index (κ2) is 11.5. The number of hydrogen-bond acceptors (Lipinski definition) is 3. The lowest BCUT2D eigenvalue weighted by Gasteiger charge is -2.10. The molecule has 7 heteroatoms. The highest BCUT2D eigenvalue weighted by atomic mass is 79.9. The van der Waals surface area contributed by atoms with E-state index in [1.54, 1.807) is 6.07 Å². The molecule has 2 amide bonds. The highest BCUT2D eigenvalue weighted by Gasteiger charge is 2.07. The van der Waals surface area contributed by atoms with E-state index in [-0.39, 0.29) is 12.5 Å². The number of amides is 2. The molecule has 1 rings (SSSR count). The summed E-state index contributed by atoms with van der Waals surface area (Å²) in [6.45, 7) is 1.98. The van der Waals surface area contributed by atoms with Gasteiger partial charge in [0.25, 0.3) is 5.91 Å². The number of benzene rings is 1. The van der Waals surface area contributed by atoms with E-state index in [2.05, 4.69) is 49.6 Å². The number of hydrogen-bond donors (Lipinski definition) is 2. The van der Waals surface area contributed by atoms with Crippen molar-refractivity contribution in [2.75, 3.05) is 6.61 Å². The number of unbranched alkanes of at least 4 members (excludes halogenated alkanes) is 4. The minimum atomic E-state index is -0.404. The van der Waals surface area contributed by atoms with E-state index in [9.17, 15) is 9.59 Å².